The second-order valence-electron chi connectivity index (χ2n) is 6.79. The lowest BCUT2D eigenvalue weighted by Gasteiger charge is -2.42. The predicted octanol–water partition coefficient (Wildman–Crippen LogP) is 3.63. The molecule has 0 aromatic heterocycles. The molecule has 1 aromatic carbocycles. The van der Waals surface area contributed by atoms with Crippen molar-refractivity contribution in [3.05, 3.63) is 34.1 Å². The van der Waals surface area contributed by atoms with E-state index in [0.717, 1.165) is 0 Å². The lowest BCUT2D eigenvalue weighted by Crippen LogP contribution is -2.60. The zero-order chi connectivity index (χ0) is 16.6. The van der Waals surface area contributed by atoms with E-state index in [0.29, 0.717) is 4.47 Å². The summed E-state index contributed by atoms with van der Waals surface area (Å²) < 4.78 is 29.8. The van der Waals surface area contributed by atoms with Crippen LogP contribution in [-0.4, -0.2) is 20.0 Å². The predicted molar refractivity (Wildman–Crippen MR) is 88.8 cm³/mol. The van der Waals surface area contributed by atoms with Crippen molar-refractivity contribution in [1.82, 2.24) is 4.72 Å². The smallest absolute Gasteiger partial charge is 0.136 e. The monoisotopic (exact) mass is 379 g/mol. The summed E-state index contributed by atoms with van der Waals surface area (Å²) in [5.41, 5.74) is -2.27. The molecule has 1 rings (SSSR count). The van der Waals surface area contributed by atoms with Crippen LogP contribution in [0, 0.1) is 5.82 Å². The van der Waals surface area contributed by atoms with Crippen LogP contribution in [0.3, 0.4) is 0 Å². The van der Waals surface area contributed by atoms with Crippen molar-refractivity contribution in [3.63, 3.8) is 0 Å². The summed E-state index contributed by atoms with van der Waals surface area (Å²) in [4.78, 5) is 0. The quantitative estimate of drug-likeness (QED) is 0.785. The number of benzene rings is 1. The fourth-order valence-electron chi connectivity index (χ4n) is 1.73. The van der Waals surface area contributed by atoms with Gasteiger partial charge >= 0.3 is 0 Å². The van der Waals surface area contributed by atoms with Crippen LogP contribution in [0.15, 0.2) is 22.7 Å². The fraction of sp³-hybridized carbons (Fsp3) is 0.600. The highest BCUT2D eigenvalue weighted by atomic mass is 79.9. The summed E-state index contributed by atoms with van der Waals surface area (Å²) in [7, 11) is 0. The van der Waals surface area contributed by atoms with Gasteiger partial charge in [-0.25, -0.2) is 4.39 Å². The van der Waals surface area contributed by atoms with Crippen molar-refractivity contribution in [1.29, 1.82) is 0 Å². The molecule has 0 radical (unpaired) electrons. The molecule has 1 aromatic rings. The Kier molecular flexibility index (Phi) is 5.55. The minimum absolute atomic E-state index is 0.266. The molecular weight excluding hydrogens is 357 g/mol. The molecule has 0 saturated heterocycles. The van der Waals surface area contributed by atoms with Gasteiger partial charge in [-0.05, 0) is 59.7 Å². The van der Waals surface area contributed by atoms with Crippen molar-refractivity contribution in [3.8, 4) is 0 Å². The molecule has 0 saturated carbocycles. The van der Waals surface area contributed by atoms with E-state index in [1.165, 1.54) is 6.07 Å². The molecule has 3 nitrogen and oxygen atoms in total. The third-order valence-corrected chi connectivity index (χ3v) is 5.74. The number of hydrogen-bond donors (Lipinski definition) is 2. The van der Waals surface area contributed by atoms with Crippen LogP contribution < -0.4 is 4.72 Å². The van der Waals surface area contributed by atoms with E-state index in [1.807, 2.05) is 20.8 Å². The normalized spacial score (nSPS) is 17.4. The molecule has 0 aliphatic rings. The molecule has 0 bridgehead atoms. The lowest BCUT2D eigenvalue weighted by molar-refractivity contribution is -0.00686. The molecule has 0 fully saturated rings. The molecule has 0 aliphatic heterocycles. The van der Waals surface area contributed by atoms with Gasteiger partial charge in [0.1, 0.15) is 16.1 Å². The molecule has 0 heterocycles. The summed E-state index contributed by atoms with van der Waals surface area (Å²) in [6, 6.07) is 4.51. The third-order valence-electron chi connectivity index (χ3n) is 3.54. The molecule has 120 valence electrons. The van der Waals surface area contributed by atoms with Crippen LogP contribution >= 0.6 is 15.9 Å². The van der Waals surface area contributed by atoms with E-state index in [-0.39, 0.29) is 5.56 Å². The van der Waals surface area contributed by atoms with Gasteiger partial charge in [0.25, 0.3) is 0 Å². The summed E-state index contributed by atoms with van der Waals surface area (Å²) >= 11 is 1.85. The largest absolute Gasteiger partial charge is 0.598 e. The molecule has 2 atom stereocenters. The Bertz CT molecular complexity index is 513. The van der Waals surface area contributed by atoms with Crippen LogP contribution in [0.25, 0.3) is 0 Å². The summed E-state index contributed by atoms with van der Waals surface area (Å²) in [5.74, 6) is -0.457. The Morgan fingerprint density at radius 3 is 2.14 bits per heavy atom. The lowest BCUT2D eigenvalue weighted by atomic mass is 9.79. The van der Waals surface area contributed by atoms with Gasteiger partial charge in [-0.3, -0.25) is 0 Å². The number of halogens is 2. The molecular formula is C15H23BrFNO2S. The number of hydrogen-bond acceptors (Lipinski definition) is 3. The Labute approximate surface area is 137 Å². The van der Waals surface area contributed by atoms with Gasteiger partial charge in [0.05, 0.1) is 5.60 Å². The fourth-order valence-corrected chi connectivity index (χ4v) is 3.13. The molecule has 21 heavy (non-hydrogen) atoms. The first-order valence-electron chi connectivity index (χ1n) is 6.66. The van der Waals surface area contributed by atoms with Crippen molar-refractivity contribution >= 4 is 27.3 Å². The Balaban J connectivity index is 3.38. The summed E-state index contributed by atoms with van der Waals surface area (Å²) in [6.45, 7) is 10.2. The molecule has 6 heteroatoms. The van der Waals surface area contributed by atoms with E-state index in [2.05, 4.69) is 20.7 Å². The Morgan fingerprint density at radius 1 is 1.19 bits per heavy atom. The maximum absolute atomic E-state index is 14.3. The SMILES string of the molecule is CC(C)(C)[S+]([O-])N[C@](C)(c1cc(Br)ccc1F)C(C)(C)O. The first-order valence-corrected chi connectivity index (χ1v) is 8.61. The van der Waals surface area contributed by atoms with Gasteiger partial charge in [-0.2, -0.15) is 0 Å². The van der Waals surface area contributed by atoms with Gasteiger partial charge in [0.2, 0.25) is 0 Å². The molecule has 0 spiro atoms. The van der Waals surface area contributed by atoms with E-state index in [4.69, 9.17) is 0 Å². The average molecular weight is 380 g/mol. The standard InChI is InChI=1S/C15H23BrFNO2S/c1-13(2,3)21(20)18-15(6,14(4,5)19)11-9-10(16)7-8-12(11)17/h7-9,18-19H,1-6H3/t15-,21?/m1/s1. The minimum Gasteiger partial charge on any atom is -0.598 e. The van der Waals surface area contributed by atoms with Crippen molar-refractivity contribution in [2.75, 3.05) is 0 Å². The number of rotatable bonds is 4. The topological polar surface area (TPSA) is 55.3 Å². The summed E-state index contributed by atoms with van der Waals surface area (Å²) in [6.07, 6.45) is 0. The molecule has 2 N–H and O–H groups in total. The second-order valence-corrected chi connectivity index (χ2v) is 9.67. The zero-order valence-electron chi connectivity index (χ0n) is 13.3. The van der Waals surface area contributed by atoms with Gasteiger partial charge in [-0.15, -0.1) is 4.72 Å². The second kappa shape index (κ2) is 6.16. The van der Waals surface area contributed by atoms with E-state index < -0.39 is 33.1 Å². The first-order chi connectivity index (χ1) is 9.29. The van der Waals surface area contributed by atoms with E-state index in [9.17, 15) is 14.0 Å². The van der Waals surface area contributed by atoms with Crippen molar-refractivity contribution in [2.24, 2.45) is 0 Å². The van der Waals surface area contributed by atoms with Crippen LogP contribution in [0.5, 0.6) is 0 Å². The highest BCUT2D eigenvalue weighted by Crippen LogP contribution is 2.37. The third kappa shape index (κ3) is 4.20. The van der Waals surface area contributed by atoms with Gasteiger partial charge < -0.3 is 9.66 Å². The van der Waals surface area contributed by atoms with Crippen LogP contribution in [0.1, 0.15) is 47.1 Å². The maximum atomic E-state index is 14.3. The number of aliphatic hydroxyl groups is 1. The van der Waals surface area contributed by atoms with Gasteiger partial charge in [0.15, 0.2) is 0 Å². The van der Waals surface area contributed by atoms with E-state index in [1.54, 1.807) is 32.9 Å². The number of nitrogens with one attached hydrogen (secondary N) is 1. The van der Waals surface area contributed by atoms with Crippen LogP contribution in [0.2, 0.25) is 0 Å². The molecule has 1 unspecified atom stereocenters. The van der Waals surface area contributed by atoms with Crippen molar-refractivity contribution in [2.45, 2.75) is 57.4 Å². The first kappa shape index (κ1) is 18.9. The van der Waals surface area contributed by atoms with Gasteiger partial charge in [-0.1, -0.05) is 15.9 Å². The maximum Gasteiger partial charge on any atom is 0.136 e. The highest BCUT2D eigenvalue weighted by molar-refractivity contribution is 9.10. The van der Waals surface area contributed by atoms with Crippen LogP contribution in [-0.2, 0) is 16.9 Å². The Hall–Kier alpha value is -0.140. The molecule has 0 aliphatic carbocycles. The van der Waals surface area contributed by atoms with Crippen molar-refractivity contribution < 1.29 is 14.0 Å². The zero-order valence-corrected chi connectivity index (χ0v) is 15.7. The Morgan fingerprint density at radius 2 is 1.71 bits per heavy atom. The highest BCUT2D eigenvalue weighted by Gasteiger charge is 2.48. The summed E-state index contributed by atoms with van der Waals surface area (Å²) in [5, 5.41) is 10.5. The van der Waals surface area contributed by atoms with Gasteiger partial charge in [0, 0.05) is 21.4 Å². The minimum atomic E-state index is -1.46. The molecule has 0 amide bonds. The van der Waals surface area contributed by atoms with E-state index >= 15 is 0 Å². The average Bonchev–Trinajstić information content (AvgIpc) is 2.29. The van der Waals surface area contributed by atoms with Crippen LogP contribution in [0.4, 0.5) is 4.39 Å².